The van der Waals surface area contributed by atoms with E-state index in [2.05, 4.69) is 20.3 Å². The van der Waals surface area contributed by atoms with Crippen LogP contribution in [0.25, 0.3) is 0 Å². The Balaban J connectivity index is 2.03. The first-order valence-corrected chi connectivity index (χ1v) is 4.75. The third kappa shape index (κ3) is 2.49. The molecule has 0 radical (unpaired) electrons. The highest BCUT2D eigenvalue weighted by atomic mass is 15.0. The van der Waals surface area contributed by atoms with Gasteiger partial charge < -0.3 is 5.32 Å². The molecule has 0 aliphatic carbocycles. The molecular weight excluding hydrogens is 188 g/mol. The smallest absolute Gasteiger partial charge is 0.129 e. The van der Waals surface area contributed by atoms with Crippen molar-refractivity contribution >= 4 is 5.82 Å². The largest absolute Gasteiger partial charge is 0.366 e. The Morgan fingerprint density at radius 2 is 2.07 bits per heavy atom. The number of aryl methyl sites for hydroxylation is 1. The van der Waals surface area contributed by atoms with E-state index in [0.717, 1.165) is 16.9 Å². The number of pyridine rings is 1. The summed E-state index contributed by atoms with van der Waals surface area (Å²) in [5.74, 6) is 0.904. The van der Waals surface area contributed by atoms with Gasteiger partial charge in [-0.2, -0.15) is 0 Å². The van der Waals surface area contributed by atoms with E-state index in [1.54, 1.807) is 18.6 Å². The van der Waals surface area contributed by atoms with Gasteiger partial charge in [0.25, 0.3) is 0 Å². The van der Waals surface area contributed by atoms with Gasteiger partial charge in [-0.15, -0.1) is 0 Å². The van der Waals surface area contributed by atoms with Crippen molar-refractivity contribution in [3.05, 3.63) is 48.2 Å². The first-order valence-electron chi connectivity index (χ1n) is 4.75. The van der Waals surface area contributed by atoms with Crippen molar-refractivity contribution in [2.24, 2.45) is 0 Å². The van der Waals surface area contributed by atoms with E-state index in [4.69, 9.17) is 0 Å². The number of anilines is 1. The second kappa shape index (κ2) is 4.50. The molecule has 2 aromatic rings. The topological polar surface area (TPSA) is 50.7 Å². The molecule has 0 bridgehead atoms. The molecule has 15 heavy (non-hydrogen) atoms. The van der Waals surface area contributed by atoms with Crippen molar-refractivity contribution in [1.82, 2.24) is 15.0 Å². The number of hydrogen-bond acceptors (Lipinski definition) is 4. The summed E-state index contributed by atoms with van der Waals surface area (Å²) < 4.78 is 0. The maximum atomic E-state index is 4.24. The zero-order valence-electron chi connectivity index (χ0n) is 8.51. The van der Waals surface area contributed by atoms with Crippen LogP contribution >= 0.6 is 0 Å². The Labute approximate surface area is 88.4 Å². The standard InChI is InChI=1S/C11H12N4/c1-9-3-2-4-14-11(9)15-7-10-5-12-8-13-6-10/h2-6,8H,7H2,1H3,(H,14,15). The molecule has 4 nitrogen and oxygen atoms in total. The van der Waals surface area contributed by atoms with Gasteiger partial charge in [0.2, 0.25) is 0 Å². The molecule has 0 aliphatic heterocycles. The summed E-state index contributed by atoms with van der Waals surface area (Å²) in [6.45, 7) is 2.72. The normalized spacial score (nSPS) is 9.93. The fourth-order valence-corrected chi connectivity index (χ4v) is 1.28. The maximum Gasteiger partial charge on any atom is 0.129 e. The quantitative estimate of drug-likeness (QED) is 0.820. The maximum absolute atomic E-state index is 4.24. The SMILES string of the molecule is Cc1cccnc1NCc1cncnc1. The molecule has 0 saturated carbocycles. The Morgan fingerprint density at radius 3 is 2.80 bits per heavy atom. The van der Waals surface area contributed by atoms with E-state index in [9.17, 15) is 0 Å². The lowest BCUT2D eigenvalue weighted by Crippen LogP contribution is -2.03. The molecule has 4 heteroatoms. The number of nitrogens with zero attached hydrogens (tertiary/aromatic N) is 3. The van der Waals surface area contributed by atoms with Gasteiger partial charge in [-0.05, 0) is 18.6 Å². The van der Waals surface area contributed by atoms with Crippen molar-refractivity contribution in [1.29, 1.82) is 0 Å². The van der Waals surface area contributed by atoms with Gasteiger partial charge in [-0.25, -0.2) is 15.0 Å². The van der Waals surface area contributed by atoms with Gasteiger partial charge in [-0.1, -0.05) is 6.07 Å². The van der Waals surface area contributed by atoms with Crippen LogP contribution in [0.2, 0.25) is 0 Å². The number of rotatable bonds is 3. The molecule has 0 unspecified atom stereocenters. The molecule has 2 heterocycles. The summed E-state index contributed by atoms with van der Waals surface area (Å²) in [6.07, 6.45) is 6.88. The van der Waals surface area contributed by atoms with Gasteiger partial charge in [0.15, 0.2) is 0 Å². The van der Waals surface area contributed by atoms with E-state index in [-0.39, 0.29) is 0 Å². The fourth-order valence-electron chi connectivity index (χ4n) is 1.28. The van der Waals surface area contributed by atoms with E-state index in [1.165, 1.54) is 6.33 Å². The molecule has 0 aliphatic rings. The second-order valence-corrected chi connectivity index (χ2v) is 3.27. The van der Waals surface area contributed by atoms with Crippen LogP contribution in [0, 0.1) is 6.92 Å². The lowest BCUT2D eigenvalue weighted by atomic mass is 10.3. The zero-order chi connectivity index (χ0) is 10.5. The van der Waals surface area contributed by atoms with E-state index < -0.39 is 0 Å². The van der Waals surface area contributed by atoms with Gasteiger partial charge in [0, 0.05) is 30.7 Å². The molecule has 0 atom stereocenters. The molecular formula is C11H12N4. The Kier molecular flexibility index (Phi) is 2.88. The third-order valence-electron chi connectivity index (χ3n) is 2.08. The van der Waals surface area contributed by atoms with Crippen LogP contribution in [0.3, 0.4) is 0 Å². The van der Waals surface area contributed by atoms with Gasteiger partial charge in [0.05, 0.1) is 0 Å². The molecule has 1 N–H and O–H groups in total. The Bertz CT molecular complexity index is 428. The zero-order valence-corrected chi connectivity index (χ0v) is 8.51. The lowest BCUT2D eigenvalue weighted by Gasteiger charge is -2.06. The predicted molar refractivity (Wildman–Crippen MR) is 58.3 cm³/mol. The van der Waals surface area contributed by atoms with E-state index >= 15 is 0 Å². The monoisotopic (exact) mass is 200 g/mol. The summed E-state index contributed by atoms with van der Waals surface area (Å²) in [5.41, 5.74) is 2.18. The first kappa shape index (κ1) is 9.58. The number of aromatic nitrogens is 3. The lowest BCUT2D eigenvalue weighted by molar-refractivity contribution is 1.03. The summed E-state index contributed by atoms with van der Waals surface area (Å²) in [6, 6.07) is 3.95. The number of hydrogen-bond donors (Lipinski definition) is 1. The minimum atomic E-state index is 0.693. The molecule has 0 amide bonds. The predicted octanol–water partition coefficient (Wildman–Crippen LogP) is 1.79. The van der Waals surface area contributed by atoms with Crippen LogP contribution in [0.4, 0.5) is 5.82 Å². The van der Waals surface area contributed by atoms with Crippen LogP contribution in [0.5, 0.6) is 0 Å². The molecule has 76 valence electrons. The molecule has 0 saturated heterocycles. The van der Waals surface area contributed by atoms with Crippen LogP contribution in [0.1, 0.15) is 11.1 Å². The highest BCUT2D eigenvalue weighted by molar-refractivity contribution is 5.42. The second-order valence-electron chi connectivity index (χ2n) is 3.27. The minimum Gasteiger partial charge on any atom is -0.366 e. The van der Waals surface area contributed by atoms with Crippen molar-refractivity contribution in [2.75, 3.05) is 5.32 Å². The van der Waals surface area contributed by atoms with Gasteiger partial charge in [-0.3, -0.25) is 0 Å². The average Bonchev–Trinajstić information content (AvgIpc) is 2.29. The van der Waals surface area contributed by atoms with Gasteiger partial charge in [0.1, 0.15) is 12.1 Å². The molecule has 0 spiro atoms. The van der Waals surface area contributed by atoms with Crippen molar-refractivity contribution in [3.63, 3.8) is 0 Å². The fraction of sp³-hybridized carbons (Fsp3) is 0.182. The van der Waals surface area contributed by atoms with E-state index in [0.29, 0.717) is 6.54 Å². The highest BCUT2D eigenvalue weighted by Gasteiger charge is 1.97. The molecule has 2 aromatic heterocycles. The van der Waals surface area contributed by atoms with Gasteiger partial charge >= 0.3 is 0 Å². The molecule has 0 aromatic carbocycles. The van der Waals surface area contributed by atoms with Crippen LogP contribution in [-0.2, 0) is 6.54 Å². The summed E-state index contributed by atoms with van der Waals surface area (Å²) in [7, 11) is 0. The average molecular weight is 200 g/mol. The summed E-state index contributed by atoms with van der Waals surface area (Å²) in [4.78, 5) is 12.1. The summed E-state index contributed by atoms with van der Waals surface area (Å²) in [5, 5.41) is 3.24. The third-order valence-corrected chi connectivity index (χ3v) is 2.08. The van der Waals surface area contributed by atoms with Crippen molar-refractivity contribution in [2.45, 2.75) is 13.5 Å². The Hall–Kier alpha value is -1.97. The molecule has 0 fully saturated rings. The van der Waals surface area contributed by atoms with Crippen molar-refractivity contribution < 1.29 is 0 Å². The first-order chi connectivity index (χ1) is 7.36. The highest BCUT2D eigenvalue weighted by Crippen LogP contribution is 2.10. The van der Waals surface area contributed by atoms with Crippen molar-refractivity contribution in [3.8, 4) is 0 Å². The Morgan fingerprint density at radius 1 is 1.27 bits per heavy atom. The summed E-state index contributed by atoms with van der Waals surface area (Å²) >= 11 is 0. The van der Waals surface area contributed by atoms with Crippen LogP contribution in [0.15, 0.2) is 37.1 Å². The van der Waals surface area contributed by atoms with Crippen LogP contribution < -0.4 is 5.32 Å². The number of nitrogens with one attached hydrogen (secondary N) is 1. The van der Waals surface area contributed by atoms with E-state index in [1.807, 2.05) is 19.1 Å². The molecule has 2 rings (SSSR count). The minimum absolute atomic E-state index is 0.693. The van der Waals surface area contributed by atoms with Crippen LogP contribution in [-0.4, -0.2) is 15.0 Å².